The predicted octanol–water partition coefficient (Wildman–Crippen LogP) is 2.86. The Bertz CT molecular complexity index is 323. The van der Waals surface area contributed by atoms with Crippen molar-refractivity contribution >= 4 is 17.3 Å². The highest BCUT2D eigenvalue weighted by Gasteiger charge is 2.08. The summed E-state index contributed by atoms with van der Waals surface area (Å²) in [6.07, 6.45) is 9.60. The van der Waals surface area contributed by atoms with Crippen molar-refractivity contribution in [3.8, 4) is 12.3 Å². The molecule has 3 nitrogen and oxygen atoms in total. The van der Waals surface area contributed by atoms with Crippen LogP contribution >= 0.6 is 0 Å². The molecule has 0 spiro atoms. The fourth-order valence-corrected chi connectivity index (χ4v) is 1.53. The van der Waals surface area contributed by atoms with Crippen LogP contribution < -0.4 is 0 Å². The molecule has 0 saturated carbocycles. The van der Waals surface area contributed by atoms with Gasteiger partial charge in [0.25, 0.3) is 0 Å². The molecule has 0 aliphatic carbocycles. The molecule has 0 fully saturated rings. The van der Waals surface area contributed by atoms with Crippen molar-refractivity contribution < 1.29 is 14.4 Å². The smallest absolute Gasteiger partial charge is 0.133 e. The summed E-state index contributed by atoms with van der Waals surface area (Å²) in [5, 5.41) is 0. The molecule has 0 aromatic rings. The number of hydrogen-bond acceptors (Lipinski definition) is 3. The lowest BCUT2D eigenvalue weighted by Gasteiger charge is -2.00. The van der Waals surface area contributed by atoms with Crippen molar-refractivity contribution in [1.82, 2.24) is 0 Å². The summed E-state index contributed by atoms with van der Waals surface area (Å²) < 4.78 is 0. The van der Waals surface area contributed by atoms with E-state index < -0.39 is 0 Å². The molecular formula is C15H22O3. The van der Waals surface area contributed by atoms with E-state index in [2.05, 4.69) is 5.92 Å². The third-order valence-corrected chi connectivity index (χ3v) is 2.79. The highest BCUT2D eigenvalue weighted by Crippen LogP contribution is 2.06. The molecule has 0 bridgehead atoms. The van der Waals surface area contributed by atoms with Crippen LogP contribution in [-0.2, 0) is 14.4 Å². The van der Waals surface area contributed by atoms with Gasteiger partial charge in [0.1, 0.15) is 17.3 Å². The van der Waals surface area contributed by atoms with Gasteiger partial charge in [-0.25, -0.2) is 0 Å². The van der Waals surface area contributed by atoms with E-state index in [4.69, 9.17) is 6.42 Å². The zero-order chi connectivity index (χ0) is 13.8. The fraction of sp³-hybridized carbons (Fsp3) is 0.667. The van der Waals surface area contributed by atoms with Crippen LogP contribution in [0.5, 0.6) is 0 Å². The van der Waals surface area contributed by atoms with Crippen molar-refractivity contribution in [2.75, 3.05) is 0 Å². The minimum atomic E-state index is 0.00812. The van der Waals surface area contributed by atoms with Crippen LogP contribution in [0.4, 0.5) is 0 Å². The molecule has 100 valence electrons. The Morgan fingerprint density at radius 2 is 1.33 bits per heavy atom. The number of rotatable bonds is 11. The van der Waals surface area contributed by atoms with Gasteiger partial charge in [-0.15, -0.1) is 12.3 Å². The van der Waals surface area contributed by atoms with Gasteiger partial charge < -0.3 is 0 Å². The van der Waals surface area contributed by atoms with Crippen LogP contribution in [0.25, 0.3) is 0 Å². The average Bonchev–Trinajstić information content (AvgIpc) is 2.38. The third kappa shape index (κ3) is 9.77. The molecule has 0 saturated heterocycles. The topological polar surface area (TPSA) is 51.2 Å². The Labute approximate surface area is 109 Å². The summed E-state index contributed by atoms with van der Waals surface area (Å²) in [4.78, 5) is 33.9. The molecule has 0 unspecified atom stereocenters. The maximum absolute atomic E-state index is 11.4. The monoisotopic (exact) mass is 250 g/mol. The number of hydrogen-bond donors (Lipinski definition) is 0. The van der Waals surface area contributed by atoms with Crippen LogP contribution in [0.15, 0.2) is 0 Å². The summed E-state index contributed by atoms with van der Waals surface area (Å²) in [6, 6.07) is 0. The van der Waals surface area contributed by atoms with Gasteiger partial charge in [0.2, 0.25) is 0 Å². The minimum absolute atomic E-state index is 0.00812. The van der Waals surface area contributed by atoms with E-state index in [-0.39, 0.29) is 30.2 Å². The van der Waals surface area contributed by atoms with Crippen LogP contribution in [-0.4, -0.2) is 17.3 Å². The maximum Gasteiger partial charge on any atom is 0.133 e. The molecule has 0 heterocycles. The fourth-order valence-electron chi connectivity index (χ4n) is 1.53. The first-order valence-electron chi connectivity index (χ1n) is 6.58. The van der Waals surface area contributed by atoms with Gasteiger partial charge in [0, 0.05) is 44.9 Å². The van der Waals surface area contributed by atoms with Gasteiger partial charge in [-0.2, -0.15) is 0 Å². The lowest BCUT2D eigenvalue weighted by Crippen LogP contribution is -2.06. The molecule has 18 heavy (non-hydrogen) atoms. The van der Waals surface area contributed by atoms with Crippen molar-refractivity contribution in [2.24, 2.45) is 0 Å². The summed E-state index contributed by atoms with van der Waals surface area (Å²) in [7, 11) is 0. The van der Waals surface area contributed by atoms with Gasteiger partial charge in [-0.05, 0) is 12.8 Å². The van der Waals surface area contributed by atoms with E-state index >= 15 is 0 Å². The maximum atomic E-state index is 11.4. The van der Waals surface area contributed by atoms with E-state index in [9.17, 15) is 14.4 Å². The van der Waals surface area contributed by atoms with E-state index in [0.29, 0.717) is 32.1 Å². The number of Topliss-reactive ketones (excluding diaryl/α,β-unsaturated/α-hetero) is 3. The zero-order valence-electron chi connectivity index (χ0n) is 11.2. The standard InChI is InChI=1S/C15H22O3/c1-3-5-6-7-8-14(17)11-12-15(18)10-9-13(16)4-2/h1H,4-12H2,2H3. The first-order valence-corrected chi connectivity index (χ1v) is 6.58. The van der Waals surface area contributed by atoms with Crippen molar-refractivity contribution in [3.05, 3.63) is 0 Å². The normalized spacial score (nSPS) is 9.78. The highest BCUT2D eigenvalue weighted by atomic mass is 16.1. The summed E-state index contributed by atoms with van der Waals surface area (Å²) in [6.45, 7) is 1.78. The van der Waals surface area contributed by atoms with Crippen molar-refractivity contribution in [1.29, 1.82) is 0 Å². The molecule has 0 amide bonds. The van der Waals surface area contributed by atoms with Gasteiger partial charge in [-0.1, -0.05) is 6.92 Å². The Balaban J connectivity index is 3.56. The SMILES string of the molecule is C#CCCCCC(=O)CCC(=O)CCC(=O)CC. The van der Waals surface area contributed by atoms with Gasteiger partial charge in [0.05, 0.1) is 0 Å². The third-order valence-electron chi connectivity index (χ3n) is 2.79. The van der Waals surface area contributed by atoms with Crippen LogP contribution in [0.2, 0.25) is 0 Å². The molecule has 0 atom stereocenters. The molecule has 0 aromatic carbocycles. The number of ketones is 3. The van der Waals surface area contributed by atoms with Gasteiger partial charge >= 0.3 is 0 Å². The first kappa shape index (κ1) is 16.6. The molecule has 0 aliphatic heterocycles. The van der Waals surface area contributed by atoms with Crippen LogP contribution in [0, 0.1) is 12.3 Å². The second kappa shape index (κ2) is 10.7. The highest BCUT2D eigenvalue weighted by molar-refractivity contribution is 5.88. The second-order valence-corrected chi connectivity index (χ2v) is 4.38. The van der Waals surface area contributed by atoms with Crippen molar-refractivity contribution in [3.63, 3.8) is 0 Å². The summed E-state index contributed by atoms with van der Waals surface area (Å²) in [5.41, 5.74) is 0. The zero-order valence-corrected chi connectivity index (χ0v) is 11.2. The summed E-state index contributed by atoms with van der Waals surface area (Å²) in [5.74, 6) is 2.75. The lowest BCUT2D eigenvalue weighted by molar-refractivity contribution is -0.126. The predicted molar refractivity (Wildman–Crippen MR) is 71.1 cm³/mol. The van der Waals surface area contributed by atoms with Gasteiger partial charge in [0.15, 0.2) is 0 Å². The number of carbonyl (C=O) groups excluding carboxylic acids is 3. The Kier molecular flexibility index (Phi) is 9.86. The lowest BCUT2D eigenvalue weighted by atomic mass is 10.0. The van der Waals surface area contributed by atoms with Crippen LogP contribution in [0.3, 0.4) is 0 Å². The second-order valence-electron chi connectivity index (χ2n) is 4.38. The Morgan fingerprint density at radius 1 is 0.833 bits per heavy atom. The van der Waals surface area contributed by atoms with Crippen LogP contribution in [0.1, 0.15) is 64.7 Å². The van der Waals surface area contributed by atoms with Crippen molar-refractivity contribution in [2.45, 2.75) is 64.7 Å². The molecule has 3 heteroatoms. The molecule has 0 N–H and O–H groups in total. The minimum Gasteiger partial charge on any atom is -0.300 e. The summed E-state index contributed by atoms with van der Waals surface area (Å²) >= 11 is 0. The number of terminal acetylenes is 1. The van der Waals surface area contributed by atoms with E-state index in [1.54, 1.807) is 6.92 Å². The van der Waals surface area contributed by atoms with Gasteiger partial charge in [-0.3, -0.25) is 14.4 Å². The van der Waals surface area contributed by atoms with E-state index in [1.165, 1.54) is 0 Å². The quantitative estimate of drug-likeness (QED) is 0.418. The van der Waals surface area contributed by atoms with E-state index in [0.717, 1.165) is 12.8 Å². The molecule has 0 radical (unpaired) electrons. The molecule has 0 aromatic heterocycles. The Hall–Kier alpha value is -1.43. The Morgan fingerprint density at radius 3 is 1.83 bits per heavy atom. The first-order chi connectivity index (χ1) is 8.60. The number of carbonyl (C=O) groups is 3. The molecule has 0 rings (SSSR count). The largest absolute Gasteiger partial charge is 0.300 e. The molecular weight excluding hydrogens is 228 g/mol. The average molecular weight is 250 g/mol. The molecule has 0 aliphatic rings. The number of unbranched alkanes of at least 4 members (excludes halogenated alkanes) is 2. The van der Waals surface area contributed by atoms with E-state index in [1.807, 2.05) is 0 Å².